The van der Waals surface area contributed by atoms with Crippen molar-refractivity contribution in [3.05, 3.63) is 24.3 Å². The van der Waals surface area contributed by atoms with Crippen molar-refractivity contribution in [2.75, 3.05) is 0 Å². The van der Waals surface area contributed by atoms with Gasteiger partial charge in [-0.15, -0.1) is 0 Å². The molecule has 1 heterocycles. The summed E-state index contributed by atoms with van der Waals surface area (Å²) in [6.45, 7) is 4.46. The fourth-order valence-electron chi connectivity index (χ4n) is 2.91. The molecule has 128 valence electrons. The number of hydrogen-bond donors (Lipinski definition) is 0. The highest BCUT2D eigenvalue weighted by Gasteiger charge is 2.35. The maximum atomic E-state index is 5.66. The predicted molar refractivity (Wildman–Crippen MR) is 98.3 cm³/mol. The van der Waals surface area contributed by atoms with Crippen LogP contribution in [0.4, 0.5) is 0 Å². The fraction of sp³-hybridized carbons (Fsp3) is 0.810. The molecule has 0 amide bonds. The topological polar surface area (TPSA) is 12.5 Å². The summed E-state index contributed by atoms with van der Waals surface area (Å²) >= 11 is 0. The summed E-state index contributed by atoms with van der Waals surface area (Å²) in [6, 6.07) is 0. The Bertz CT molecular complexity index is 292. The van der Waals surface area contributed by atoms with Crippen LogP contribution in [0.3, 0.4) is 0 Å². The van der Waals surface area contributed by atoms with E-state index in [1.807, 2.05) is 0 Å². The average Bonchev–Trinajstić information content (AvgIpc) is 3.27. The van der Waals surface area contributed by atoms with Crippen LogP contribution in [0.2, 0.25) is 0 Å². The first-order valence-corrected chi connectivity index (χ1v) is 9.84. The van der Waals surface area contributed by atoms with E-state index in [9.17, 15) is 0 Å². The molecular formula is C21H38O. The molecule has 1 aliphatic heterocycles. The van der Waals surface area contributed by atoms with Gasteiger partial charge in [-0.05, 0) is 32.1 Å². The highest BCUT2D eigenvalue weighted by Crippen LogP contribution is 2.29. The molecule has 0 bridgehead atoms. The first kappa shape index (κ1) is 19.5. The quantitative estimate of drug-likeness (QED) is 0.181. The molecule has 1 fully saturated rings. The maximum Gasteiger partial charge on any atom is 0.0879 e. The van der Waals surface area contributed by atoms with Gasteiger partial charge in [0, 0.05) is 0 Å². The summed E-state index contributed by atoms with van der Waals surface area (Å²) in [5.74, 6) is 0. The van der Waals surface area contributed by atoms with Gasteiger partial charge >= 0.3 is 0 Å². The Morgan fingerprint density at radius 3 is 1.77 bits per heavy atom. The molecule has 22 heavy (non-hydrogen) atoms. The van der Waals surface area contributed by atoms with Crippen LogP contribution in [0.15, 0.2) is 24.3 Å². The lowest BCUT2D eigenvalue weighted by Gasteiger charge is -2.00. The number of hydrogen-bond acceptors (Lipinski definition) is 1. The van der Waals surface area contributed by atoms with E-state index < -0.39 is 0 Å². The van der Waals surface area contributed by atoms with Gasteiger partial charge in [-0.1, -0.05) is 89.5 Å². The van der Waals surface area contributed by atoms with Gasteiger partial charge in [0.1, 0.15) is 0 Å². The third-order valence-corrected chi connectivity index (χ3v) is 4.47. The summed E-state index contributed by atoms with van der Waals surface area (Å²) in [5.41, 5.74) is 0. The third kappa shape index (κ3) is 11.1. The van der Waals surface area contributed by atoms with Crippen LogP contribution in [-0.2, 0) is 4.74 Å². The average molecular weight is 307 g/mol. The van der Waals surface area contributed by atoms with Crippen LogP contribution in [0.1, 0.15) is 97.3 Å². The van der Waals surface area contributed by atoms with Gasteiger partial charge in [-0.25, -0.2) is 0 Å². The van der Waals surface area contributed by atoms with Gasteiger partial charge in [0.15, 0.2) is 0 Å². The second-order valence-corrected chi connectivity index (χ2v) is 6.65. The predicted octanol–water partition coefficient (Wildman–Crippen LogP) is 6.98. The summed E-state index contributed by atoms with van der Waals surface area (Å²) in [4.78, 5) is 0. The maximum absolute atomic E-state index is 5.66. The van der Waals surface area contributed by atoms with Crippen molar-refractivity contribution in [1.82, 2.24) is 0 Å². The van der Waals surface area contributed by atoms with Crippen molar-refractivity contribution >= 4 is 0 Å². The van der Waals surface area contributed by atoms with E-state index in [4.69, 9.17) is 4.74 Å². The van der Waals surface area contributed by atoms with Crippen LogP contribution in [-0.4, -0.2) is 12.2 Å². The largest absolute Gasteiger partial charge is 0.369 e. The van der Waals surface area contributed by atoms with Crippen LogP contribution >= 0.6 is 0 Å². The van der Waals surface area contributed by atoms with E-state index in [0.29, 0.717) is 12.2 Å². The lowest BCUT2D eigenvalue weighted by atomic mass is 10.1. The zero-order chi connectivity index (χ0) is 15.9. The minimum absolute atomic E-state index is 0.500. The molecule has 2 unspecified atom stereocenters. The van der Waals surface area contributed by atoms with E-state index in [1.165, 1.54) is 64.2 Å². The molecule has 0 radical (unpaired) electrons. The molecule has 0 spiro atoms. The molecule has 0 aromatic carbocycles. The number of unbranched alkanes of at least 4 members (excludes halogenated alkanes) is 9. The number of ether oxygens (including phenoxy) is 1. The Kier molecular flexibility index (Phi) is 12.5. The Morgan fingerprint density at radius 1 is 0.636 bits per heavy atom. The lowest BCUT2D eigenvalue weighted by Crippen LogP contribution is -1.90. The van der Waals surface area contributed by atoms with E-state index in [2.05, 4.69) is 38.2 Å². The third-order valence-electron chi connectivity index (χ3n) is 4.47. The minimum Gasteiger partial charge on any atom is -0.369 e. The molecule has 1 rings (SSSR count). The van der Waals surface area contributed by atoms with Crippen molar-refractivity contribution in [2.24, 2.45) is 0 Å². The highest BCUT2D eigenvalue weighted by atomic mass is 16.6. The Morgan fingerprint density at radius 2 is 1.18 bits per heavy atom. The smallest absolute Gasteiger partial charge is 0.0879 e. The van der Waals surface area contributed by atoms with Crippen molar-refractivity contribution in [3.8, 4) is 0 Å². The molecule has 0 aliphatic carbocycles. The van der Waals surface area contributed by atoms with Gasteiger partial charge in [0.25, 0.3) is 0 Å². The van der Waals surface area contributed by atoms with Crippen molar-refractivity contribution < 1.29 is 4.74 Å². The van der Waals surface area contributed by atoms with E-state index in [1.54, 1.807) is 0 Å². The monoisotopic (exact) mass is 306 g/mol. The number of allylic oxidation sites excluding steroid dienone is 2. The molecule has 2 atom stereocenters. The molecule has 0 N–H and O–H groups in total. The van der Waals surface area contributed by atoms with Crippen LogP contribution in [0.25, 0.3) is 0 Å². The van der Waals surface area contributed by atoms with Gasteiger partial charge in [0.2, 0.25) is 0 Å². The lowest BCUT2D eigenvalue weighted by molar-refractivity contribution is 0.372. The Balaban J connectivity index is 1.79. The zero-order valence-electron chi connectivity index (χ0n) is 15.1. The molecular weight excluding hydrogens is 268 g/mol. The summed E-state index contributed by atoms with van der Waals surface area (Å²) < 4.78 is 5.66. The van der Waals surface area contributed by atoms with Gasteiger partial charge in [0.05, 0.1) is 12.2 Å². The number of epoxide rings is 1. The minimum atomic E-state index is 0.500. The Labute approximate surface area is 139 Å². The first-order valence-electron chi connectivity index (χ1n) is 9.84. The fourth-order valence-corrected chi connectivity index (χ4v) is 2.91. The van der Waals surface area contributed by atoms with Gasteiger partial charge in [-0.3, -0.25) is 0 Å². The van der Waals surface area contributed by atoms with Crippen LogP contribution < -0.4 is 0 Å². The summed E-state index contributed by atoms with van der Waals surface area (Å²) in [7, 11) is 0. The standard InChI is InChI=1S/C21H38O/c1-3-5-7-8-9-10-11-12-13-14-15-17-19-21-20(22-21)18-16-6-4-2/h6,15-17,20-21H,3-5,7-14,18-19H2,1-2H3/b16-6-,17-15?. The van der Waals surface area contributed by atoms with Crippen LogP contribution in [0.5, 0.6) is 0 Å². The molecule has 1 saturated heterocycles. The van der Waals surface area contributed by atoms with E-state index >= 15 is 0 Å². The van der Waals surface area contributed by atoms with Crippen molar-refractivity contribution in [2.45, 2.75) is 110 Å². The van der Waals surface area contributed by atoms with E-state index in [-0.39, 0.29) is 0 Å². The zero-order valence-corrected chi connectivity index (χ0v) is 15.1. The highest BCUT2D eigenvalue weighted by molar-refractivity contribution is 4.97. The van der Waals surface area contributed by atoms with Crippen molar-refractivity contribution in [1.29, 1.82) is 0 Å². The molecule has 1 heteroatoms. The first-order chi connectivity index (χ1) is 10.9. The van der Waals surface area contributed by atoms with Crippen LogP contribution in [0, 0.1) is 0 Å². The number of rotatable bonds is 15. The molecule has 1 aliphatic rings. The van der Waals surface area contributed by atoms with E-state index in [0.717, 1.165) is 19.3 Å². The SMILES string of the molecule is CC/C=C\CC1OC1CC=CCCCCCCCCCCC. The summed E-state index contributed by atoms with van der Waals surface area (Å²) in [6.07, 6.45) is 27.5. The van der Waals surface area contributed by atoms with Crippen molar-refractivity contribution in [3.63, 3.8) is 0 Å². The molecule has 0 aromatic heterocycles. The second-order valence-electron chi connectivity index (χ2n) is 6.65. The second kappa shape index (κ2) is 14.1. The molecule has 0 saturated carbocycles. The Hall–Kier alpha value is -0.560. The molecule has 0 aromatic rings. The normalized spacial score (nSPS) is 21.2. The van der Waals surface area contributed by atoms with Gasteiger partial charge in [-0.2, -0.15) is 0 Å². The molecule has 1 nitrogen and oxygen atoms in total. The van der Waals surface area contributed by atoms with Gasteiger partial charge < -0.3 is 4.74 Å². The summed E-state index contributed by atoms with van der Waals surface area (Å²) in [5, 5.41) is 0.